The Bertz CT molecular complexity index is 808. The van der Waals surface area contributed by atoms with Gasteiger partial charge in [-0.2, -0.15) is 0 Å². The molecule has 0 N–H and O–H groups in total. The highest BCUT2D eigenvalue weighted by atomic mass is 16.5. The van der Waals surface area contributed by atoms with Crippen LogP contribution in [0.5, 0.6) is 0 Å². The van der Waals surface area contributed by atoms with Gasteiger partial charge in [-0.05, 0) is 46.2 Å². The Morgan fingerprint density at radius 2 is 1.83 bits per heavy atom. The van der Waals surface area contributed by atoms with Crippen LogP contribution in [-0.4, -0.2) is 61.1 Å². The number of anilines is 1. The van der Waals surface area contributed by atoms with Crippen molar-refractivity contribution < 1.29 is 9.32 Å². The van der Waals surface area contributed by atoms with Crippen molar-refractivity contribution in [3.05, 3.63) is 35.9 Å². The number of rotatable bonds is 8. The van der Waals surface area contributed by atoms with E-state index in [1.165, 1.54) is 19.3 Å². The Hall–Kier alpha value is -2.34. The maximum Gasteiger partial charge on any atom is 0.232 e. The van der Waals surface area contributed by atoms with Gasteiger partial charge in [0.05, 0.1) is 12.1 Å². The lowest BCUT2D eigenvalue weighted by molar-refractivity contribution is -0.133. The van der Waals surface area contributed by atoms with Gasteiger partial charge in [0.2, 0.25) is 11.8 Å². The van der Waals surface area contributed by atoms with Gasteiger partial charge in [0.25, 0.3) is 0 Å². The molecule has 0 spiro atoms. The number of carbonyl (C=O) groups is 1. The highest BCUT2D eigenvalue weighted by molar-refractivity contribution is 5.81. The van der Waals surface area contributed by atoms with E-state index in [2.05, 4.69) is 27.1 Å². The van der Waals surface area contributed by atoms with E-state index in [-0.39, 0.29) is 11.8 Å². The molecule has 0 radical (unpaired) electrons. The molecule has 1 aliphatic carbocycles. The van der Waals surface area contributed by atoms with Crippen molar-refractivity contribution in [2.45, 2.75) is 38.6 Å². The SMILES string of the molecule is CN(C)CCN(Cc1c(-c2ccccc2)noc1N1CCCCC1)C(=O)C1CC1. The van der Waals surface area contributed by atoms with E-state index in [1.54, 1.807) is 0 Å². The first-order valence-electron chi connectivity index (χ1n) is 10.9. The molecule has 0 atom stereocenters. The summed E-state index contributed by atoms with van der Waals surface area (Å²) in [6, 6.07) is 10.2. The Morgan fingerprint density at radius 3 is 2.48 bits per heavy atom. The lowest BCUT2D eigenvalue weighted by atomic mass is 10.1. The van der Waals surface area contributed by atoms with Crippen molar-refractivity contribution in [3.8, 4) is 11.3 Å². The monoisotopic (exact) mass is 396 g/mol. The molecule has 0 unspecified atom stereocenters. The quantitative estimate of drug-likeness (QED) is 0.682. The molecule has 1 saturated heterocycles. The van der Waals surface area contributed by atoms with Gasteiger partial charge in [-0.1, -0.05) is 35.5 Å². The fourth-order valence-corrected chi connectivity index (χ4v) is 3.98. The number of carbonyl (C=O) groups excluding carboxylic acids is 1. The summed E-state index contributed by atoms with van der Waals surface area (Å²) in [6.45, 7) is 4.11. The van der Waals surface area contributed by atoms with Crippen molar-refractivity contribution in [2.24, 2.45) is 5.92 Å². The highest BCUT2D eigenvalue weighted by Gasteiger charge is 2.35. The molecule has 1 amide bonds. The van der Waals surface area contributed by atoms with Crippen molar-refractivity contribution in [3.63, 3.8) is 0 Å². The number of piperidine rings is 1. The topological polar surface area (TPSA) is 52.8 Å². The molecule has 1 saturated carbocycles. The van der Waals surface area contributed by atoms with E-state index in [1.807, 2.05) is 37.2 Å². The maximum atomic E-state index is 13.0. The number of nitrogens with zero attached hydrogens (tertiary/aromatic N) is 4. The first-order valence-corrected chi connectivity index (χ1v) is 10.9. The van der Waals surface area contributed by atoms with Gasteiger partial charge < -0.3 is 19.2 Å². The molecule has 1 aromatic heterocycles. The second-order valence-electron chi connectivity index (χ2n) is 8.57. The van der Waals surface area contributed by atoms with Crippen molar-refractivity contribution in [2.75, 3.05) is 45.2 Å². The molecule has 1 aromatic carbocycles. The average molecular weight is 397 g/mol. The standard InChI is InChI=1S/C23H32N4O2/c1-25(2)15-16-27(22(28)19-11-12-19)17-20-21(18-9-5-3-6-10-18)24-29-23(20)26-13-7-4-8-14-26/h3,5-6,9-10,19H,4,7-8,11-17H2,1-2H3. The van der Waals surface area contributed by atoms with E-state index in [0.717, 1.165) is 61.7 Å². The summed E-state index contributed by atoms with van der Waals surface area (Å²) < 4.78 is 5.90. The molecule has 156 valence electrons. The highest BCUT2D eigenvalue weighted by Crippen LogP contribution is 2.36. The smallest absolute Gasteiger partial charge is 0.232 e. The summed E-state index contributed by atoms with van der Waals surface area (Å²) in [7, 11) is 4.10. The second kappa shape index (κ2) is 8.99. The minimum atomic E-state index is 0.204. The third kappa shape index (κ3) is 4.81. The van der Waals surface area contributed by atoms with E-state index in [9.17, 15) is 4.79 Å². The number of likely N-dealkylation sites (N-methyl/N-ethyl adjacent to an activating group) is 1. The molecule has 2 aliphatic rings. The third-order valence-electron chi connectivity index (χ3n) is 5.86. The zero-order valence-electron chi connectivity index (χ0n) is 17.6. The van der Waals surface area contributed by atoms with Crippen molar-refractivity contribution >= 4 is 11.8 Å². The molecule has 2 aromatic rings. The predicted molar refractivity (Wildman–Crippen MR) is 115 cm³/mol. The first kappa shape index (κ1) is 20.0. The first-order chi connectivity index (χ1) is 14.1. The second-order valence-corrected chi connectivity index (χ2v) is 8.57. The largest absolute Gasteiger partial charge is 0.340 e. The maximum absolute atomic E-state index is 13.0. The number of aromatic nitrogens is 1. The third-order valence-corrected chi connectivity index (χ3v) is 5.86. The van der Waals surface area contributed by atoms with E-state index in [4.69, 9.17) is 4.52 Å². The summed E-state index contributed by atoms with van der Waals surface area (Å²) in [6.07, 6.45) is 5.65. The van der Waals surface area contributed by atoms with Crippen LogP contribution in [0.15, 0.2) is 34.9 Å². The molecule has 0 bridgehead atoms. The molecule has 6 nitrogen and oxygen atoms in total. The van der Waals surface area contributed by atoms with E-state index >= 15 is 0 Å². The summed E-state index contributed by atoms with van der Waals surface area (Å²) in [5.74, 6) is 1.33. The minimum Gasteiger partial charge on any atom is -0.340 e. The molecule has 1 aliphatic heterocycles. The molecule has 2 fully saturated rings. The van der Waals surface area contributed by atoms with Crippen LogP contribution in [0.25, 0.3) is 11.3 Å². The molecule has 2 heterocycles. The van der Waals surface area contributed by atoms with Crippen LogP contribution >= 0.6 is 0 Å². The van der Waals surface area contributed by atoms with Gasteiger partial charge in [-0.3, -0.25) is 4.79 Å². The van der Waals surface area contributed by atoms with E-state index in [0.29, 0.717) is 6.54 Å². The van der Waals surface area contributed by atoms with Crippen LogP contribution in [0, 0.1) is 5.92 Å². The van der Waals surface area contributed by atoms with Crippen LogP contribution < -0.4 is 4.90 Å². The number of amides is 1. The molecule has 4 rings (SSSR count). The van der Waals surface area contributed by atoms with Gasteiger partial charge in [-0.25, -0.2) is 0 Å². The van der Waals surface area contributed by atoms with Crippen LogP contribution in [0.4, 0.5) is 5.88 Å². The molecule has 29 heavy (non-hydrogen) atoms. The minimum absolute atomic E-state index is 0.204. The molecular weight excluding hydrogens is 364 g/mol. The summed E-state index contributed by atoms with van der Waals surface area (Å²) >= 11 is 0. The fourth-order valence-electron chi connectivity index (χ4n) is 3.98. The van der Waals surface area contributed by atoms with Crippen LogP contribution in [0.1, 0.15) is 37.7 Å². The Morgan fingerprint density at radius 1 is 1.10 bits per heavy atom. The number of hydrogen-bond donors (Lipinski definition) is 0. The zero-order chi connectivity index (χ0) is 20.2. The lowest BCUT2D eigenvalue weighted by Crippen LogP contribution is -2.38. The average Bonchev–Trinajstić information content (AvgIpc) is 3.52. The number of hydrogen-bond acceptors (Lipinski definition) is 5. The normalized spacial score (nSPS) is 17.0. The summed E-state index contributed by atoms with van der Waals surface area (Å²) in [5, 5.41) is 4.46. The van der Waals surface area contributed by atoms with Crippen LogP contribution in [-0.2, 0) is 11.3 Å². The Kier molecular flexibility index (Phi) is 6.19. The Balaban J connectivity index is 1.66. The predicted octanol–water partition coefficient (Wildman–Crippen LogP) is 3.63. The van der Waals surface area contributed by atoms with Gasteiger partial charge in [-0.15, -0.1) is 0 Å². The van der Waals surface area contributed by atoms with Gasteiger partial charge >= 0.3 is 0 Å². The summed E-state index contributed by atoms with van der Waals surface area (Å²) in [4.78, 5) is 19.5. The van der Waals surface area contributed by atoms with Crippen molar-refractivity contribution in [1.82, 2.24) is 15.0 Å². The van der Waals surface area contributed by atoms with Gasteiger partial charge in [0.15, 0.2) is 0 Å². The lowest BCUT2D eigenvalue weighted by Gasteiger charge is -2.29. The van der Waals surface area contributed by atoms with Gasteiger partial charge in [0, 0.05) is 37.7 Å². The van der Waals surface area contributed by atoms with Crippen LogP contribution in [0.3, 0.4) is 0 Å². The zero-order valence-corrected chi connectivity index (χ0v) is 17.6. The van der Waals surface area contributed by atoms with E-state index < -0.39 is 0 Å². The summed E-state index contributed by atoms with van der Waals surface area (Å²) in [5.41, 5.74) is 2.96. The Labute approximate surface area is 173 Å². The van der Waals surface area contributed by atoms with Crippen LogP contribution in [0.2, 0.25) is 0 Å². The molecule has 6 heteroatoms. The fraction of sp³-hybridized carbons (Fsp3) is 0.565. The van der Waals surface area contributed by atoms with Crippen molar-refractivity contribution in [1.29, 1.82) is 0 Å². The molecular formula is C23H32N4O2. The number of benzene rings is 1. The van der Waals surface area contributed by atoms with Gasteiger partial charge in [0.1, 0.15) is 5.69 Å².